The fourth-order valence-electron chi connectivity index (χ4n) is 9.82. The van der Waals surface area contributed by atoms with Gasteiger partial charge in [-0.3, -0.25) is 0 Å². The topological polar surface area (TPSA) is 59.9 Å². The van der Waals surface area contributed by atoms with Gasteiger partial charge in [-0.15, -0.1) is 0 Å². The van der Waals surface area contributed by atoms with Crippen LogP contribution in [0.3, 0.4) is 0 Å². The quantitative estimate of drug-likeness (QED) is 0.180. The van der Waals surface area contributed by atoms with E-state index in [1.54, 1.807) is 6.07 Å². The van der Waals surface area contributed by atoms with Gasteiger partial charge in [-0.05, 0) is 86.0 Å². The molecule has 0 bridgehead atoms. The van der Waals surface area contributed by atoms with Crippen molar-refractivity contribution in [2.45, 2.75) is 15.2 Å². The average molecular weight is 761 g/mol. The number of sulfone groups is 1. The minimum Gasteiger partial charge on any atom is -0.228 e. The Morgan fingerprint density at radius 3 is 1.50 bits per heavy atom. The van der Waals surface area contributed by atoms with Crippen molar-refractivity contribution in [2.24, 2.45) is 0 Å². The second-order valence-corrected chi connectivity index (χ2v) is 17.1. The highest BCUT2D eigenvalue weighted by Gasteiger charge is 2.51. The molecule has 1 aromatic heterocycles. The highest BCUT2D eigenvalue weighted by Crippen LogP contribution is 2.63. The highest BCUT2D eigenvalue weighted by molar-refractivity contribution is 7.92. The van der Waals surface area contributed by atoms with Crippen LogP contribution >= 0.6 is 0 Å². The molecule has 0 saturated carbocycles. The van der Waals surface area contributed by atoms with E-state index >= 15 is 0 Å². The molecule has 12 rings (SSSR count). The van der Waals surface area contributed by atoms with E-state index in [1.807, 2.05) is 60.7 Å². The van der Waals surface area contributed by atoms with Gasteiger partial charge in [-0.25, -0.2) is 18.4 Å². The third-order valence-electron chi connectivity index (χ3n) is 12.3. The maximum Gasteiger partial charge on any atom is 0.207 e. The lowest BCUT2D eigenvalue weighted by Gasteiger charge is -2.36. The Kier molecular flexibility index (Phi) is 6.91. The molecule has 0 saturated heterocycles. The summed E-state index contributed by atoms with van der Waals surface area (Å²) in [7, 11) is -3.71. The second-order valence-electron chi connectivity index (χ2n) is 15.2. The van der Waals surface area contributed by atoms with Crippen LogP contribution in [0.1, 0.15) is 22.3 Å². The normalized spacial score (nSPS) is 15.9. The van der Waals surface area contributed by atoms with Gasteiger partial charge >= 0.3 is 0 Å². The van der Waals surface area contributed by atoms with Crippen LogP contribution in [0.25, 0.3) is 78.4 Å². The third kappa shape index (κ3) is 4.48. The van der Waals surface area contributed by atoms with Crippen LogP contribution in [-0.2, 0) is 15.3 Å². The zero-order valence-electron chi connectivity index (χ0n) is 31.1. The molecule has 2 heterocycles. The van der Waals surface area contributed by atoms with E-state index in [1.165, 1.54) is 0 Å². The summed E-state index contributed by atoms with van der Waals surface area (Å²) >= 11 is 0. The standard InChI is InChI=1S/C53H32N2O2S/c56-58(57)50-26-14-11-23-41(50)43-30-47-42(31-51(43)58)39-22-10-13-25-45(39)53(47)44-24-12-9-21-38(44)36-19-7-8-20-37(36)40-28-27-35(29-46(40)53)49-32-48(33-15-3-1-4-16-33)54-52(55-49)34-17-5-2-6-18-34/h1-32H. The molecule has 3 aliphatic rings. The van der Waals surface area contributed by atoms with E-state index in [0.717, 1.165) is 94.8 Å². The summed E-state index contributed by atoms with van der Waals surface area (Å²) < 4.78 is 28.4. The fourth-order valence-corrected chi connectivity index (χ4v) is 11.5. The number of fused-ring (bicyclic) bond motifs is 15. The van der Waals surface area contributed by atoms with Gasteiger partial charge in [0.2, 0.25) is 9.84 Å². The summed E-state index contributed by atoms with van der Waals surface area (Å²) in [5, 5.41) is 0. The van der Waals surface area contributed by atoms with Crippen molar-refractivity contribution in [3.05, 3.63) is 216 Å². The Balaban J connectivity index is 1.21. The summed E-state index contributed by atoms with van der Waals surface area (Å²) in [6, 6.07) is 66.8. The number of benzene rings is 8. The minimum atomic E-state index is -3.71. The molecular formula is C53H32N2O2S. The van der Waals surface area contributed by atoms with Gasteiger partial charge in [0.25, 0.3) is 0 Å². The second kappa shape index (κ2) is 12.1. The van der Waals surface area contributed by atoms with Crippen LogP contribution in [0.4, 0.5) is 0 Å². The summed E-state index contributed by atoms with van der Waals surface area (Å²) in [5.74, 6) is 0.657. The van der Waals surface area contributed by atoms with Gasteiger partial charge < -0.3 is 0 Å². The first-order chi connectivity index (χ1) is 28.5. The number of hydrogen-bond donors (Lipinski definition) is 0. The van der Waals surface area contributed by atoms with Crippen LogP contribution in [-0.4, -0.2) is 18.4 Å². The van der Waals surface area contributed by atoms with Crippen LogP contribution in [0, 0.1) is 0 Å². The van der Waals surface area contributed by atoms with Gasteiger partial charge in [0.15, 0.2) is 5.82 Å². The predicted octanol–water partition coefficient (Wildman–Crippen LogP) is 12.3. The molecule has 0 amide bonds. The van der Waals surface area contributed by atoms with Crippen LogP contribution in [0.15, 0.2) is 204 Å². The Morgan fingerprint density at radius 2 is 0.828 bits per heavy atom. The van der Waals surface area contributed by atoms with E-state index in [9.17, 15) is 8.42 Å². The van der Waals surface area contributed by atoms with E-state index in [0.29, 0.717) is 15.6 Å². The molecular weight excluding hydrogens is 729 g/mol. The van der Waals surface area contributed by atoms with Crippen molar-refractivity contribution in [1.82, 2.24) is 9.97 Å². The maximum atomic E-state index is 14.2. The molecule has 272 valence electrons. The predicted molar refractivity (Wildman–Crippen MR) is 231 cm³/mol. The Bertz CT molecular complexity index is 3250. The first-order valence-electron chi connectivity index (χ1n) is 19.5. The van der Waals surface area contributed by atoms with Gasteiger partial charge in [-0.1, -0.05) is 164 Å². The largest absolute Gasteiger partial charge is 0.228 e. The van der Waals surface area contributed by atoms with Gasteiger partial charge in [0.1, 0.15) is 0 Å². The first-order valence-corrected chi connectivity index (χ1v) is 21.0. The van der Waals surface area contributed by atoms with Crippen LogP contribution < -0.4 is 0 Å². The number of aromatic nitrogens is 2. The molecule has 8 aromatic carbocycles. The molecule has 0 N–H and O–H groups in total. The summed E-state index contributed by atoms with van der Waals surface area (Å²) in [5.41, 5.74) is 16.2. The highest BCUT2D eigenvalue weighted by atomic mass is 32.2. The van der Waals surface area contributed by atoms with E-state index in [2.05, 4.69) is 127 Å². The minimum absolute atomic E-state index is 0.361. The molecule has 1 spiro atoms. The van der Waals surface area contributed by atoms with E-state index in [4.69, 9.17) is 9.97 Å². The molecule has 1 atom stereocenters. The van der Waals surface area contributed by atoms with Crippen LogP contribution in [0.2, 0.25) is 0 Å². The van der Waals surface area contributed by atoms with Crippen molar-refractivity contribution < 1.29 is 8.42 Å². The number of rotatable bonds is 3. The zero-order chi connectivity index (χ0) is 38.6. The van der Waals surface area contributed by atoms with E-state index in [-0.39, 0.29) is 0 Å². The smallest absolute Gasteiger partial charge is 0.207 e. The molecule has 4 nitrogen and oxygen atoms in total. The van der Waals surface area contributed by atoms with Crippen LogP contribution in [0.5, 0.6) is 0 Å². The lowest BCUT2D eigenvalue weighted by molar-refractivity contribution is 0.598. The summed E-state index contributed by atoms with van der Waals surface area (Å²) in [4.78, 5) is 11.1. The van der Waals surface area contributed by atoms with Crippen molar-refractivity contribution in [2.75, 3.05) is 0 Å². The molecule has 9 aromatic rings. The van der Waals surface area contributed by atoms with Gasteiger partial charge in [0.05, 0.1) is 26.6 Å². The molecule has 58 heavy (non-hydrogen) atoms. The fraction of sp³-hybridized carbons (Fsp3) is 0.0189. The third-order valence-corrected chi connectivity index (χ3v) is 14.1. The molecule has 0 radical (unpaired) electrons. The van der Waals surface area contributed by atoms with Crippen molar-refractivity contribution in [3.8, 4) is 78.4 Å². The van der Waals surface area contributed by atoms with Crippen molar-refractivity contribution >= 4 is 9.84 Å². The Morgan fingerprint density at radius 1 is 0.328 bits per heavy atom. The molecule has 2 aliphatic carbocycles. The monoisotopic (exact) mass is 760 g/mol. The molecule has 0 fully saturated rings. The van der Waals surface area contributed by atoms with Crippen molar-refractivity contribution in [3.63, 3.8) is 0 Å². The molecule has 1 aliphatic heterocycles. The van der Waals surface area contributed by atoms with Gasteiger partial charge in [0, 0.05) is 27.8 Å². The Labute approximate surface area is 336 Å². The number of hydrogen-bond acceptors (Lipinski definition) is 4. The average Bonchev–Trinajstić information content (AvgIpc) is 3.66. The molecule has 5 heteroatoms. The van der Waals surface area contributed by atoms with E-state index < -0.39 is 15.3 Å². The first kappa shape index (κ1) is 33.0. The maximum absolute atomic E-state index is 14.2. The SMILES string of the molecule is O=S1(=O)c2ccccc2-c2cc3c(cc21)-c1ccccc1C31c2ccccc2-c2ccccc2-c2ccc(-c3cc(-c4ccccc4)nc(-c4ccccc4)n3)cc21. The van der Waals surface area contributed by atoms with Gasteiger partial charge in [-0.2, -0.15) is 0 Å². The zero-order valence-corrected chi connectivity index (χ0v) is 31.9. The molecule has 1 unspecified atom stereocenters. The lowest BCUT2D eigenvalue weighted by atomic mass is 9.65. The Hall–Kier alpha value is -7.21. The lowest BCUT2D eigenvalue weighted by Crippen LogP contribution is -2.29. The number of nitrogens with zero attached hydrogens (tertiary/aromatic N) is 2. The summed E-state index contributed by atoms with van der Waals surface area (Å²) in [6.07, 6.45) is 0. The summed E-state index contributed by atoms with van der Waals surface area (Å²) in [6.45, 7) is 0. The van der Waals surface area contributed by atoms with Crippen molar-refractivity contribution in [1.29, 1.82) is 0 Å².